The molecule has 188 valence electrons. The van der Waals surface area contributed by atoms with E-state index in [2.05, 4.69) is 36.9 Å². The van der Waals surface area contributed by atoms with E-state index in [0.29, 0.717) is 24.5 Å². The predicted octanol–water partition coefficient (Wildman–Crippen LogP) is 4.90. The Morgan fingerprint density at radius 3 is 2.69 bits per heavy atom. The van der Waals surface area contributed by atoms with Crippen LogP contribution in [0.2, 0.25) is 5.15 Å². The molecular weight excluding hydrogens is 540 g/mol. The molecule has 2 heterocycles. The van der Waals surface area contributed by atoms with Crippen LogP contribution in [0.4, 0.5) is 4.79 Å². The summed E-state index contributed by atoms with van der Waals surface area (Å²) in [5, 5.41) is 21.3. The summed E-state index contributed by atoms with van der Waals surface area (Å²) in [5.74, 6) is 0.0587. The third kappa shape index (κ3) is 5.70. The standard InChI is InChI=1S/C24H28BrClN4O5/c1-13(27-21(31)18-12-19(26)30-35-18)10-14-6-8-24(9-7-14)20(28-29-22(32)34-24)16-5-4-15(11-17(16)25)23(2,3)33/h4-5,11-14,33H,6-10H2,1-3H3,(H,27,31)(H,29,32)/t13-,14?,24?/m0/s1. The van der Waals surface area contributed by atoms with Gasteiger partial charge < -0.3 is 19.7 Å². The first kappa shape index (κ1) is 25.7. The lowest BCUT2D eigenvalue weighted by atomic mass is 9.72. The Morgan fingerprint density at radius 2 is 2.09 bits per heavy atom. The largest absolute Gasteiger partial charge is 0.435 e. The van der Waals surface area contributed by atoms with Crippen molar-refractivity contribution in [2.75, 3.05) is 0 Å². The Bertz CT molecular complexity index is 1150. The molecule has 1 atom stereocenters. The number of ether oxygens (including phenoxy) is 1. The van der Waals surface area contributed by atoms with Gasteiger partial charge in [-0.3, -0.25) is 4.79 Å². The van der Waals surface area contributed by atoms with Crippen molar-refractivity contribution in [2.45, 2.75) is 70.1 Å². The Hall–Kier alpha value is -2.43. The Kier molecular flexibility index (Phi) is 7.26. The van der Waals surface area contributed by atoms with Gasteiger partial charge in [0.05, 0.1) is 5.60 Å². The van der Waals surface area contributed by atoms with Gasteiger partial charge in [0.15, 0.2) is 10.8 Å². The van der Waals surface area contributed by atoms with E-state index >= 15 is 0 Å². The third-order valence-corrected chi connectivity index (χ3v) is 7.43. The van der Waals surface area contributed by atoms with Crippen molar-refractivity contribution >= 4 is 45.2 Å². The van der Waals surface area contributed by atoms with E-state index in [9.17, 15) is 14.7 Å². The van der Waals surface area contributed by atoms with E-state index in [1.165, 1.54) is 6.07 Å². The molecule has 4 rings (SSSR count). The predicted molar refractivity (Wildman–Crippen MR) is 133 cm³/mol. The summed E-state index contributed by atoms with van der Waals surface area (Å²) in [6, 6.07) is 6.90. The molecule has 1 aromatic heterocycles. The summed E-state index contributed by atoms with van der Waals surface area (Å²) in [7, 11) is 0. The average molecular weight is 568 g/mol. The van der Waals surface area contributed by atoms with Crippen LogP contribution < -0.4 is 10.7 Å². The van der Waals surface area contributed by atoms with Gasteiger partial charge in [0.2, 0.25) is 5.76 Å². The lowest BCUT2D eigenvalue weighted by Crippen LogP contribution is -2.52. The highest BCUT2D eigenvalue weighted by Crippen LogP contribution is 2.42. The second-order valence-electron chi connectivity index (χ2n) is 9.78. The number of aliphatic hydroxyl groups is 1. The average Bonchev–Trinajstić information content (AvgIpc) is 3.22. The van der Waals surface area contributed by atoms with Gasteiger partial charge in [-0.1, -0.05) is 44.8 Å². The topological polar surface area (TPSA) is 126 Å². The molecule has 0 bridgehead atoms. The van der Waals surface area contributed by atoms with E-state index in [1.54, 1.807) is 13.8 Å². The lowest BCUT2D eigenvalue weighted by molar-refractivity contribution is 0.0153. The molecule has 1 aliphatic heterocycles. The zero-order valence-corrected chi connectivity index (χ0v) is 22.1. The summed E-state index contributed by atoms with van der Waals surface area (Å²) in [6.45, 7) is 5.39. The minimum atomic E-state index is -0.984. The second-order valence-corrected chi connectivity index (χ2v) is 11.0. The first-order chi connectivity index (χ1) is 16.5. The molecule has 2 aromatic rings. The highest BCUT2D eigenvalue weighted by atomic mass is 79.9. The zero-order chi connectivity index (χ0) is 25.4. The van der Waals surface area contributed by atoms with Crippen LogP contribution in [0.25, 0.3) is 0 Å². The maximum Gasteiger partial charge on any atom is 0.428 e. The number of benzene rings is 1. The fourth-order valence-electron chi connectivity index (χ4n) is 4.78. The van der Waals surface area contributed by atoms with Crippen LogP contribution in [0.1, 0.15) is 74.6 Å². The maximum atomic E-state index is 12.3. The molecule has 1 fully saturated rings. The van der Waals surface area contributed by atoms with E-state index in [-0.39, 0.29) is 22.9 Å². The summed E-state index contributed by atoms with van der Waals surface area (Å²) in [6.07, 6.45) is 3.04. The number of nitrogens with one attached hydrogen (secondary N) is 2. The molecule has 35 heavy (non-hydrogen) atoms. The zero-order valence-electron chi connectivity index (χ0n) is 19.7. The van der Waals surface area contributed by atoms with Crippen molar-refractivity contribution < 1.29 is 24.0 Å². The number of hydrogen-bond donors (Lipinski definition) is 3. The van der Waals surface area contributed by atoms with Gasteiger partial charge in [-0.05, 0) is 70.4 Å². The van der Waals surface area contributed by atoms with Gasteiger partial charge in [-0.15, -0.1) is 0 Å². The summed E-state index contributed by atoms with van der Waals surface area (Å²) >= 11 is 9.33. The number of hydrogen-bond acceptors (Lipinski definition) is 7. The maximum absolute atomic E-state index is 12.3. The van der Waals surface area contributed by atoms with Crippen LogP contribution in [0.15, 0.2) is 38.4 Å². The number of carbonyl (C=O) groups excluding carboxylic acids is 2. The Morgan fingerprint density at radius 1 is 1.37 bits per heavy atom. The van der Waals surface area contributed by atoms with Gasteiger partial charge >= 0.3 is 6.09 Å². The van der Waals surface area contributed by atoms with Gasteiger partial charge in [-0.25, -0.2) is 10.2 Å². The van der Waals surface area contributed by atoms with Crippen LogP contribution >= 0.6 is 27.5 Å². The molecular formula is C24H28BrClN4O5. The molecule has 3 N–H and O–H groups in total. The Labute approximate surface area is 216 Å². The van der Waals surface area contributed by atoms with Crippen LogP contribution in [0.5, 0.6) is 0 Å². The number of rotatable bonds is 6. The van der Waals surface area contributed by atoms with E-state index in [4.69, 9.17) is 20.9 Å². The highest BCUT2D eigenvalue weighted by molar-refractivity contribution is 9.10. The van der Waals surface area contributed by atoms with Crippen LogP contribution in [0.3, 0.4) is 0 Å². The van der Waals surface area contributed by atoms with Crippen molar-refractivity contribution in [3.05, 3.63) is 50.8 Å². The molecule has 0 radical (unpaired) electrons. The van der Waals surface area contributed by atoms with Crippen LogP contribution in [-0.4, -0.2) is 39.6 Å². The number of nitrogens with zero attached hydrogens (tertiary/aromatic N) is 2. The van der Waals surface area contributed by atoms with Crippen molar-refractivity contribution in [3.63, 3.8) is 0 Å². The smallest absolute Gasteiger partial charge is 0.428 e. The van der Waals surface area contributed by atoms with E-state index in [0.717, 1.165) is 34.9 Å². The van der Waals surface area contributed by atoms with E-state index < -0.39 is 17.3 Å². The molecule has 2 amide bonds. The first-order valence-electron chi connectivity index (χ1n) is 11.5. The fraction of sp³-hybridized carbons (Fsp3) is 0.500. The summed E-state index contributed by atoms with van der Waals surface area (Å²) in [4.78, 5) is 24.4. The fourth-order valence-corrected chi connectivity index (χ4v) is 5.48. The van der Waals surface area contributed by atoms with Gasteiger partial charge in [0.25, 0.3) is 5.91 Å². The van der Waals surface area contributed by atoms with Crippen molar-refractivity contribution in [1.82, 2.24) is 15.9 Å². The first-order valence-corrected chi connectivity index (χ1v) is 12.7. The van der Waals surface area contributed by atoms with Crippen molar-refractivity contribution in [1.29, 1.82) is 0 Å². The SMILES string of the molecule is C[C@@H](CC1CCC2(CC1)OC(=O)NN=C2c1ccc(C(C)(C)O)cc1Br)NC(=O)c1cc(Cl)no1. The van der Waals surface area contributed by atoms with Gasteiger partial charge in [-0.2, -0.15) is 5.10 Å². The number of amides is 2. The second kappa shape index (κ2) is 9.91. The molecule has 1 spiro atoms. The number of carbonyl (C=O) groups is 2. The number of aromatic nitrogens is 1. The van der Waals surface area contributed by atoms with Gasteiger partial charge in [0.1, 0.15) is 5.71 Å². The molecule has 11 heteroatoms. The molecule has 2 aliphatic rings. The minimum absolute atomic E-state index is 0.0769. The van der Waals surface area contributed by atoms with Crippen LogP contribution in [0, 0.1) is 5.92 Å². The quantitative estimate of drug-likeness (QED) is 0.456. The normalized spacial score (nSPS) is 23.3. The van der Waals surface area contributed by atoms with E-state index in [1.807, 2.05) is 25.1 Å². The number of halogens is 2. The van der Waals surface area contributed by atoms with Crippen molar-refractivity contribution in [2.24, 2.45) is 11.0 Å². The number of hydrazone groups is 1. The third-order valence-electron chi connectivity index (χ3n) is 6.59. The minimum Gasteiger partial charge on any atom is -0.435 e. The van der Waals surface area contributed by atoms with Gasteiger partial charge in [0, 0.05) is 22.1 Å². The molecule has 1 saturated carbocycles. The highest BCUT2D eigenvalue weighted by Gasteiger charge is 2.47. The molecule has 1 aliphatic carbocycles. The Balaban J connectivity index is 1.44. The monoisotopic (exact) mass is 566 g/mol. The lowest BCUT2D eigenvalue weighted by Gasteiger charge is -2.42. The van der Waals surface area contributed by atoms with Crippen LogP contribution in [-0.2, 0) is 10.3 Å². The summed E-state index contributed by atoms with van der Waals surface area (Å²) in [5.41, 5.74) is 2.85. The van der Waals surface area contributed by atoms with Crippen molar-refractivity contribution in [3.8, 4) is 0 Å². The molecule has 1 aromatic carbocycles. The molecule has 0 unspecified atom stereocenters. The molecule has 0 saturated heterocycles. The molecule has 9 nitrogen and oxygen atoms in total. The summed E-state index contributed by atoms with van der Waals surface area (Å²) < 4.78 is 11.5.